The van der Waals surface area contributed by atoms with Crippen molar-refractivity contribution >= 4 is 17.3 Å². The second kappa shape index (κ2) is 10.8. The summed E-state index contributed by atoms with van der Waals surface area (Å²) in [6.45, 7) is 1.31. The maximum atomic E-state index is 12.9. The van der Waals surface area contributed by atoms with Crippen molar-refractivity contribution in [2.24, 2.45) is 0 Å². The van der Waals surface area contributed by atoms with E-state index in [0.29, 0.717) is 24.6 Å². The van der Waals surface area contributed by atoms with Gasteiger partial charge in [-0.1, -0.05) is 24.3 Å². The van der Waals surface area contributed by atoms with Crippen LogP contribution < -0.4 is 4.73 Å². The maximum Gasteiger partial charge on any atom is 0.260 e. The number of H-pyrrole nitrogens is 1. The number of aromatic nitrogens is 3. The molecule has 0 unspecified atom stereocenters. The van der Waals surface area contributed by atoms with Crippen LogP contribution in [-0.4, -0.2) is 44.9 Å². The molecule has 8 heteroatoms. The topological polar surface area (TPSA) is 114 Å². The van der Waals surface area contributed by atoms with Crippen LogP contribution in [-0.2, 0) is 6.42 Å². The van der Waals surface area contributed by atoms with Crippen molar-refractivity contribution in [2.75, 3.05) is 13.1 Å². The van der Waals surface area contributed by atoms with E-state index in [1.54, 1.807) is 12.1 Å². The number of amides is 1. The molecule has 2 aliphatic rings. The predicted octanol–water partition coefficient (Wildman–Crippen LogP) is 4.21. The van der Waals surface area contributed by atoms with Crippen molar-refractivity contribution in [1.82, 2.24) is 14.9 Å². The zero-order valence-corrected chi connectivity index (χ0v) is 20.7. The molecule has 8 nitrogen and oxygen atoms in total. The van der Waals surface area contributed by atoms with Crippen LogP contribution in [0.2, 0.25) is 0 Å². The summed E-state index contributed by atoms with van der Waals surface area (Å²) in [5.41, 5.74) is 5.40. The lowest BCUT2D eigenvalue weighted by atomic mass is 9.83. The Morgan fingerprint density at radius 3 is 2.76 bits per heavy atom. The molecule has 37 heavy (non-hydrogen) atoms. The summed E-state index contributed by atoms with van der Waals surface area (Å²) in [6, 6.07) is 11.8. The number of likely N-dealkylation sites (tertiary alicyclic amines) is 1. The number of benzene rings is 1. The molecule has 3 heterocycles. The smallest absolute Gasteiger partial charge is 0.260 e. The summed E-state index contributed by atoms with van der Waals surface area (Å²) >= 11 is 0. The molecule has 1 amide bonds. The van der Waals surface area contributed by atoms with E-state index < -0.39 is 0 Å². The molecule has 0 bridgehead atoms. The summed E-state index contributed by atoms with van der Waals surface area (Å²) < 4.78 is 0.905. The number of carbonyl (C=O) groups is 2. The van der Waals surface area contributed by atoms with E-state index in [-0.39, 0.29) is 29.6 Å². The zero-order chi connectivity index (χ0) is 25.8. The predicted molar refractivity (Wildman–Crippen MR) is 136 cm³/mol. The Bertz CT molecular complexity index is 1390. The minimum Gasteiger partial charge on any atom is -0.338 e. The maximum absolute atomic E-state index is 12.9. The van der Waals surface area contributed by atoms with Gasteiger partial charge in [-0.2, -0.15) is 5.26 Å². The highest BCUT2D eigenvalue weighted by atomic mass is 16.5. The third-order valence-electron chi connectivity index (χ3n) is 7.37. The van der Waals surface area contributed by atoms with Crippen LogP contribution in [0.3, 0.4) is 0 Å². The number of aromatic amines is 1. The Balaban J connectivity index is 1.33. The van der Waals surface area contributed by atoms with Gasteiger partial charge in [-0.05, 0) is 72.8 Å². The molecule has 2 N–H and O–H groups in total. The largest absolute Gasteiger partial charge is 0.338 e. The van der Waals surface area contributed by atoms with E-state index in [2.05, 4.69) is 34.2 Å². The van der Waals surface area contributed by atoms with Crippen molar-refractivity contribution in [3.63, 3.8) is 0 Å². The number of ketones is 1. The Hall–Kier alpha value is -4.25. The highest BCUT2D eigenvalue weighted by Gasteiger charge is 2.27. The van der Waals surface area contributed by atoms with Crippen molar-refractivity contribution in [1.29, 1.82) is 5.26 Å². The molecule has 0 atom stereocenters. The number of hydrogen-bond acceptors (Lipinski definition) is 5. The van der Waals surface area contributed by atoms with Crippen LogP contribution in [0.4, 0.5) is 0 Å². The molecule has 3 aromatic rings. The van der Waals surface area contributed by atoms with Gasteiger partial charge in [0.15, 0.2) is 5.82 Å². The Labute approximate surface area is 215 Å². The van der Waals surface area contributed by atoms with E-state index in [1.807, 2.05) is 11.0 Å². The molecule has 0 spiro atoms. The quantitative estimate of drug-likeness (QED) is 0.301. The third-order valence-corrected chi connectivity index (χ3v) is 7.37. The number of piperidine rings is 1. The molecule has 0 saturated carbocycles. The number of imidazole rings is 1. The van der Waals surface area contributed by atoms with Gasteiger partial charge in [-0.3, -0.25) is 14.8 Å². The molecule has 2 aromatic heterocycles. The second-order valence-corrected chi connectivity index (χ2v) is 9.79. The number of carbonyl (C=O) groups excluding carboxylic acids is 2. The van der Waals surface area contributed by atoms with Crippen LogP contribution in [0.5, 0.6) is 0 Å². The van der Waals surface area contributed by atoms with Gasteiger partial charge in [0.25, 0.3) is 5.91 Å². The Morgan fingerprint density at radius 2 is 2.05 bits per heavy atom. The second-order valence-electron chi connectivity index (χ2n) is 9.79. The number of nitrogens with one attached hydrogen (secondary N) is 1. The number of hydrogen-bond donors (Lipinski definition) is 2. The van der Waals surface area contributed by atoms with Crippen LogP contribution in [0.25, 0.3) is 5.57 Å². The van der Waals surface area contributed by atoms with Gasteiger partial charge in [0.1, 0.15) is 17.3 Å². The van der Waals surface area contributed by atoms with Crippen molar-refractivity contribution in [2.45, 2.75) is 50.9 Å². The van der Waals surface area contributed by atoms with Crippen LogP contribution in [0, 0.1) is 11.3 Å². The molecular weight excluding hydrogens is 466 g/mol. The summed E-state index contributed by atoms with van der Waals surface area (Å²) in [6.07, 6.45) is 12.9. The first-order valence-electron chi connectivity index (χ1n) is 12.8. The van der Waals surface area contributed by atoms with E-state index in [0.717, 1.165) is 48.0 Å². The first-order chi connectivity index (χ1) is 18.0. The lowest BCUT2D eigenvalue weighted by Crippen LogP contribution is -2.39. The van der Waals surface area contributed by atoms with Gasteiger partial charge in [-0.25, -0.2) is 4.98 Å². The van der Waals surface area contributed by atoms with Crippen LogP contribution in [0.1, 0.15) is 87.8 Å². The van der Waals surface area contributed by atoms with Crippen LogP contribution in [0.15, 0.2) is 55.0 Å². The molecule has 1 saturated heterocycles. The zero-order valence-electron chi connectivity index (χ0n) is 20.7. The van der Waals surface area contributed by atoms with Gasteiger partial charge >= 0.3 is 0 Å². The number of pyridine rings is 1. The van der Waals surface area contributed by atoms with Crippen molar-refractivity contribution in [3.8, 4) is 6.07 Å². The van der Waals surface area contributed by atoms with Crippen LogP contribution >= 0.6 is 0 Å². The average molecular weight is 497 g/mol. The Kier molecular flexibility index (Phi) is 7.13. The number of Topliss-reactive ketones (excluding diaryl/α,β-unsaturated/α-hetero) is 1. The molecule has 0 radical (unpaired) electrons. The van der Waals surface area contributed by atoms with E-state index >= 15 is 0 Å². The summed E-state index contributed by atoms with van der Waals surface area (Å²) in [5.74, 6) is 0.343. The minimum atomic E-state index is -0.135. The number of allylic oxidation sites excluding steroid dienone is 2. The number of nitrogens with zero attached hydrogens (tertiary/aromatic N) is 4. The summed E-state index contributed by atoms with van der Waals surface area (Å²) in [7, 11) is 0. The van der Waals surface area contributed by atoms with Crippen molar-refractivity contribution < 1.29 is 19.5 Å². The van der Waals surface area contributed by atoms with Gasteiger partial charge < -0.3 is 9.88 Å². The van der Waals surface area contributed by atoms with Gasteiger partial charge in [0.05, 0.1) is 6.20 Å². The van der Waals surface area contributed by atoms with Gasteiger partial charge in [0, 0.05) is 30.3 Å². The average Bonchev–Trinajstić information content (AvgIpc) is 3.43. The fourth-order valence-electron chi connectivity index (χ4n) is 5.35. The highest BCUT2D eigenvalue weighted by Crippen LogP contribution is 2.35. The molecule has 1 fully saturated rings. The fourth-order valence-corrected chi connectivity index (χ4v) is 5.35. The first-order valence-corrected chi connectivity index (χ1v) is 12.8. The molecule has 188 valence electrons. The molecule has 1 aromatic carbocycles. The van der Waals surface area contributed by atoms with Gasteiger partial charge in [0.2, 0.25) is 18.2 Å². The summed E-state index contributed by atoms with van der Waals surface area (Å²) in [5, 5.41) is 18.7. The monoisotopic (exact) mass is 496 g/mol. The number of rotatable bonds is 6. The highest BCUT2D eigenvalue weighted by molar-refractivity contribution is 5.95. The molecule has 5 rings (SSSR count). The van der Waals surface area contributed by atoms with Crippen molar-refractivity contribution in [3.05, 3.63) is 88.8 Å². The normalized spacial score (nSPS) is 16.2. The SMILES string of the molecule is N#Cc1cnc(C(=O)Cc2ccc(C3CCN(C(=O)c4ccc[n+](O)c4)CC3)cc2C2=CCCCC2)[nH]1. The standard InChI is InChI=1S/C29H29N5O3/c30-17-25-18-31-28(32-25)27(35)16-23-9-8-22(15-26(23)21-5-2-1-3-6-21)20-10-13-33(14-11-20)29(36)24-7-4-12-34(37)19-24/h4-5,7-9,12,15,18-20H,1-3,6,10-11,13-14,16H2,(H-,31,32,35,37)/p+1. The minimum absolute atomic E-state index is 0.0683. The Morgan fingerprint density at radius 1 is 1.22 bits per heavy atom. The van der Waals surface area contributed by atoms with E-state index in [4.69, 9.17) is 5.26 Å². The van der Waals surface area contributed by atoms with E-state index in [1.165, 1.54) is 36.1 Å². The fraction of sp³-hybridized carbons (Fsp3) is 0.345. The molecule has 1 aliphatic heterocycles. The summed E-state index contributed by atoms with van der Waals surface area (Å²) in [4.78, 5) is 34.5. The first kappa shape index (κ1) is 24.4. The number of nitriles is 1. The van der Waals surface area contributed by atoms with Gasteiger partial charge in [-0.15, -0.1) is 0 Å². The molecular formula is C29H30N5O3+. The third kappa shape index (κ3) is 5.46. The van der Waals surface area contributed by atoms with E-state index in [9.17, 15) is 14.8 Å². The molecule has 1 aliphatic carbocycles. The lowest BCUT2D eigenvalue weighted by molar-refractivity contribution is -0.904. The lowest BCUT2D eigenvalue weighted by Gasteiger charge is -2.32.